The zero-order chi connectivity index (χ0) is 23.0. The molecule has 0 saturated carbocycles. The van der Waals surface area contributed by atoms with E-state index in [1.54, 1.807) is 23.1 Å². The Morgan fingerprint density at radius 2 is 1.69 bits per heavy atom. The molecule has 2 aromatic rings. The molecule has 0 spiro atoms. The highest BCUT2D eigenvalue weighted by atomic mass is 32.2. The average Bonchev–Trinajstić information content (AvgIpc) is 2.80. The molecule has 0 N–H and O–H groups in total. The first-order chi connectivity index (χ1) is 15.3. The van der Waals surface area contributed by atoms with Crippen molar-refractivity contribution in [2.75, 3.05) is 33.1 Å². The van der Waals surface area contributed by atoms with Crippen LogP contribution in [0.15, 0.2) is 30.3 Å². The summed E-state index contributed by atoms with van der Waals surface area (Å²) in [6.45, 7) is 0.847. The number of amides is 1. The Labute approximate surface area is 187 Å². The van der Waals surface area contributed by atoms with Crippen molar-refractivity contribution < 1.29 is 32.6 Å². The number of hydrogen-bond donors (Lipinski definition) is 0. The summed E-state index contributed by atoms with van der Waals surface area (Å²) in [6.07, 6.45) is 1.18. The second-order valence-corrected chi connectivity index (χ2v) is 8.79. The fourth-order valence-corrected chi connectivity index (χ4v) is 5.10. The number of ketones is 2. The second-order valence-electron chi connectivity index (χ2n) is 7.85. The van der Waals surface area contributed by atoms with Crippen molar-refractivity contribution in [3.63, 3.8) is 0 Å². The van der Waals surface area contributed by atoms with Gasteiger partial charge in [-0.15, -0.1) is 0 Å². The van der Waals surface area contributed by atoms with Crippen LogP contribution < -0.4 is 9.47 Å². The molecule has 2 aliphatic rings. The lowest BCUT2D eigenvalue weighted by molar-refractivity contribution is 0.0697. The summed E-state index contributed by atoms with van der Waals surface area (Å²) in [5.74, 6) is -0.486. The third-order valence-corrected chi connectivity index (χ3v) is 6.78. The number of carbonyl (C=O) groups is 3. The monoisotopic (exact) mass is 456 g/mol. The molecular formula is C23H22NO7S-. The zero-order valence-electron chi connectivity index (χ0n) is 17.7. The van der Waals surface area contributed by atoms with Crippen LogP contribution in [-0.4, -0.2) is 64.2 Å². The van der Waals surface area contributed by atoms with Gasteiger partial charge in [0.05, 0.1) is 25.3 Å². The van der Waals surface area contributed by atoms with Crippen molar-refractivity contribution in [2.45, 2.75) is 12.8 Å². The molecule has 1 unspecified atom stereocenters. The fraction of sp³-hybridized carbons (Fsp3) is 0.348. The number of methoxy groups -OCH3 is 2. The smallest absolute Gasteiger partial charge is 0.254 e. The largest absolute Gasteiger partial charge is 0.772 e. The molecule has 8 nitrogen and oxygen atoms in total. The van der Waals surface area contributed by atoms with E-state index in [-0.39, 0.29) is 56.9 Å². The van der Waals surface area contributed by atoms with Gasteiger partial charge in [-0.2, -0.15) is 0 Å². The van der Waals surface area contributed by atoms with Crippen LogP contribution in [0.25, 0.3) is 0 Å². The van der Waals surface area contributed by atoms with E-state index in [1.807, 2.05) is 0 Å². The van der Waals surface area contributed by atoms with Gasteiger partial charge < -0.3 is 18.9 Å². The molecule has 1 aliphatic heterocycles. The molecule has 9 heteroatoms. The van der Waals surface area contributed by atoms with Gasteiger partial charge in [0.25, 0.3) is 5.91 Å². The van der Waals surface area contributed by atoms with Crippen molar-refractivity contribution in [1.29, 1.82) is 0 Å². The van der Waals surface area contributed by atoms with Crippen LogP contribution in [0, 0.1) is 5.92 Å². The van der Waals surface area contributed by atoms with E-state index in [2.05, 4.69) is 0 Å². The SMILES string of the molecule is COc1cccc2c1C(=O)c1c(OC)cc(C(=O)N3CCC(CS(=O)[O-])CC3)cc1C2=O. The predicted octanol–water partition coefficient (Wildman–Crippen LogP) is 2.21. The third kappa shape index (κ3) is 3.82. The maximum absolute atomic E-state index is 13.3. The van der Waals surface area contributed by atoms with Crippen molar-refractivity contribution >= 4 is 28.6 Å². The van der Waals surface area contributed by atoms with Crippen molar-refractivity contribution in [3.05, 3.63) is 58.1 Å². The van der Waals surface area contributed by atoms with E-state index in [0.717, 1.165) is 0 Å². The molecular weight excluding hydrogens is 434 g/mol. The van der Waals surface area contributed by atoms with Gasteiger partial charge in [-0.25, -0.2) is 0 Å². The van der Waals surface area contributed by atoms with Crippen molar-refractivity contribution in [3.8, 4) is 11.5 Å². The summed E-state index contributed by atoms with van der Waals surface area (Å²) in [7, 11) is 2.81. The molecule has 1 atom stereocenters. The number of piperidine rings is 1. The predicted molar refractivity (Wildman–Crippen MR) is 115 cm³/mol. The maximum Gasteiger partial charge on any atom is 0.254 e. The number of carbonyl (C=O) groups excluding carboxylic acids is 3. The molecule has 32 heavy (non-hydrogen) atoms. The number of likely N-dealkylation sites (tertiary alicyclic amines) is 1. The molecule has 0 bridgehead atoms. The molecule has 1 aliphatic carbocycles. The molecule has 1 heterocycles. The first kappa shape index (κ1) is 22.2. The number of benzene rings is 2. The van der Waals surface area contributed by atoms with E-state index >= 15 is 0 Å². The van der Waals surface area contributed by atoms with Gasteiger partial charge in [-0.3, -0.25) is 18.6 Å². The van der Waals surface area contributed by atoms with Crippen molar-refractivity contribution in [1.82, 2.24) is 4.90 Å². The number of hydrogen-bond acceptors (Lipinski definition) is 7. The molecule has 1 amide bonds. The van der Waals surface area contributed by atoms with Gasteiger partial charge in [0, 0.05) is 35.5 Å². The van der Waals surface area contributed by atoms with Gasteiger partial charge in [0.1, 0.15) is 11.5 Å². The van der Waals surface area contributed by atoms with Crippen molar-refractivity contribution in [2.24, 2.45) is 5.92 Å². The highest BCUT2D eigenvalue weighted by Crippen LogP contribution is 2.38. The Balaban J connectivity index is 1.68. The molecule has 0 aromatic heterocycles. The molecule has 4 rings (SSSR count). The van der Waals surface area contributed by atoms with Crippen LogP contribution in [0.1, 0.15) is 55.0 Å². The normalized spacial score (nSPS) is 16.9. The lowest BCUT2D eigenvalue weighted by Gasteiger charge is -2.32. The van der Waals surface area contributed by atoms with E-state index < -0.39 is 16.9 Å². The van der Waals surface area contributed by atoms with Crippen LogP contribution in [0.2, 0.25) is 0 Å². The third-order valence-electron chi connectivity index (χ3n) is 6.03. The van der Waals surface area contributed by atoms with Gasteiger partial charge in [-0.05, 0) is 37.0 Å². The van der Waals surface area contributed by atoms with E-state index in [0.29, 0.717) is 31.7 Å². The number of nitrogens with zero attached hydrogens (tertiary/aromatic N) is 1. The molecule has 0 radical (unpaired) electrons. The number of rotatable bonds is 5. The molecule has 1 saturated heterocycles. The molecule has 1 fully saturated rings. The Hall–Kier alpha value is -3.04. The lowest BCUT2D eigenvalue weighted by atomic mass is 9.82. The summed E-state index contributed by atoms with van der Waals surface area (Å²) in [4.78, 5) is 41.3. The van der Waals surface area contributed by atoms with Crippen LogP contribution in [-0.2, 0) is 11.1 Å². The summed E-state index contributed by atoms with van der Waals surface area (Å²) in [6, 6.07) is 7.74. The van der Waals surface area contributed by atoms with Crippen LogP contribution in [0.3, 0.4) is 0 Å². The average molecular weight is 456 g/mol. The minimum Gasteiger partial charge on any atom is -0.772 e. The first-order valence-electron chi connectivity index (χ1n) is 10.2. The van der Waals surface area contributed by atoms with Gasteiger partial charge in [0.2, 0.25) is 5.78 Å². The zero-order valence-corrected chi connectivity index (χ0v) is 18.5. The Bertz CT molecular complexity index is 1140. The Kier molecular flexibility index (Phi) is 6.12. The fourth-order valence-electron chi connectivity index (χ4n) is 4.39. The van der Waals surface area contributed by atoms with Crippen LogP contribution in [0.4, 0.5) is 0 Å². The molecule has 168 valence electrons. The first-order valence-corrected chi connectivity index (χ1v) is 11.4. The lowest BCUT2D eigenvalue weighted by Crippen LogP contribution is -2.39. The van der Waals surface area contributed by atoms with E-state index in [4.69, 9.17) is 9.47 Å². The van der Waals surface area contributed by atoms with E-state index in [1.165, 1.54) is 26.4 Å². The quantitative estimate of drug-likeness (QED) is 0.541. The summed E-state index contributed by atoms with van der Waals surface area (Å²) in [5, 5.41) is 0. The van der Waals surface area contributed by atoms with Gasteiger partial charge in [-0.1, -0.05) is 23.2 Å². The summed E-state index contributed by atoms with van der Waals surface area (Å²) in [5.41, 5.74) is 0.888. The van der Waals surface area contributed by atoms with Gasteiger partial charge in [0.15, 0.2) is 5.78 Å². The van der Waals surface area contributed by atoms with Gasteiger partial charge >= 0.3 is 0 Å². The highest BCUT2D eigenvalue weighted by molar-refractivity contribution is 7.79. The Morgan fingerprint density at radius 3 is 2.31 bits per heavy atom. The number of ether oxygens (including phenoxy) is 2. The summed E-state index contributed by atoms with van der Waals surface area (Å²) >= 11 is -2.10. The summed E-state index contributed by atoms with van der Waals surface area (Å²) < 4.78 is 32.6. The Morgan fingerprint density at radius 1 is 1.03 bits per heavy atom. The van der Waals surface area contributed by atoms with Crippen LogP contribution in [0.5, 0.6) is 11.5 Å². The standard InChI is InChI=1S/C23H23NO7S/c1-30-17-5-3-4-15-19(17)22(26)20-16(21(15)25)10-14(11-18(20)31-2)23(27)24-8-6-13(7-9-24)12-32(28)29/h3-5,10-11,13H,6-9,12H2,1-2H3,(H,28,29)/p-1. The van der Waals surface area contributed by atoms with Crippen LogP contribution >= 0.6 is 0 Å². The topological polar surface area (TPSA) is 113 Å². The highest BCUT2D eigenvalue weighted by Gasteiger charge is 2.36. The number of fused-ring (bicyclic) bond motifs is 2. The minimum absolute atomic E-state index is 0.0288. The second kappa shape index (κ2) is 8.84. The minimum atomic E-state index is -2.10. The molecule has 2 aromatic carbocycles. The van der Waals surface area contributed by atoms with E-state index in [9.17, 15) is 23.1 Å². The maximum atomic E-state index is 13.3.